The van der Waals surface area contributed by atoms with Crippen LogP contribution in [0.25, 0.3) is 16.6 Å². The van der Waals surface area contributed by atoms with Gasteiger partial charge in [0.1, 0.15) is 17.8 Å². The van der Waals surface area contributed by atoms with Gasteiger partial charge in [0.2, 0.25) is 0 Å². The highest BCUT2D eigenvalue weighted by Gasteiger charge is 2.15. The van der Waals surface area contributed by atoms with Crippen LogP contribution in [0, 0.1) is 0 Å². The maximum atomic E-state index is 12.7. The molecule has 2 aromatic heterocycles. The number of nitrogens with zero attached hydrogens (tertiary/aromatic N) is 4. The number of hydrogen-bond acceptors (Lipinski definition) is 6. The molecule has 0 aliphatic heterocycles. The van der Waals surface area contributed by atoms with Crippen molar-refractivity contribution >= 4 is 22.3 Å². The van der Waals surface area contributed by atoms with E-state index in [4.69, 9.17) is 4.74 Å². The minimum absolute atomic E-state index is 0.0837. The molecule has 0 N–H and O–H groups in total. The SMILES string of the molecule is COc1ccc(C(=O)Cc2nnc3c4ccccc4ncn3c2=O)cc1. The lowest BCUT2D eigenvalue weighted by atomic mass is 10.1. The van der Waals surface area contributed by atoms with Crippen molar-refractivity contribution in [3.8, 4) is 5.75 Å². The maximum absolute atomic E-state index is 12.7. The lowest BCUT2D eigenvalue weighted by Crippen LogP contribution is -2.24. The molecule has 128 valence electrons. The summed E-state index contributed by atoms with van der Waals surface area (Å²) in [5, 5.41) is 8.87. The number of ketones is 1. The van der Waals surface area contributed by atoms with Crippen molar-refractivity contribution < 1.29 is 9.53 Å². The number of benzene rings is 2. The number of hydrogen-bond donors (Lipinski definition) is 0. The van der Waals surface area contributed by atoms with Gasteiger partial charge in [-0.3, -0.25) is 9.59 Å². The zero-order valence-electron chi connectivity index (χ0n) is 13.9. The van der Waals surface area contributed by atoms with Crippen LogP contribution < -0.4 is 10.3 Å². The third kappa shape index (κ3) is 2.69. The van der Waals surface area contributed by atoms with Gasteiger partial charge < -0.3 is 4.74 Å². The Morgan fingerprint density at radius 1 is 1.08 bits per heavy atom. The number of ether oxygens (including phenoxy) is 1. The van der Waals surface area contributed by atoms with Crippen LogP contribution in [0.1, 0.15) is 16.1 Å². The number of rotatable bonds is 4. The zero-order valence-corrected chi connectivity index (χ0v) is 13.9. The second kappa shape index (κ2) is 6.36. The Hall–Kier alpha value is -3.61. The molecule has 0 saturated carbocycles. The van der Waals surface area contributed by atoms with Gasteiger partial charge in [-0.05, 0) is 36.4 Å². The summed E-state index contributed by atoms with van der Waals surface area (Å²) >= 11 is 0. The lowest BCUT2D eigenvalue weighted by molar-refractivity contribution is 0.0991. The van der Waals surface area contributed by atoms with Crippen LogP contribution in [0.5, 0.6) is 5.75 Å². The molecular formula is C19H14N4O3. The number of aromatic nitrogens is 4. The molecular weight excluding hydrogens is 332 g/mol. The fourth-order valence-electron chi connectivity index (χ4n) is 2.76. The van der Waals surface area contributed by atoms with Gasteiger partial charge in [0.15, 0.2) is 11.4 Å². The lowest BCUT2D eigenvalue weighted by Gasteiger charge is -2.05. The van der Waals surface area contributed by atoms with Gasteiger partial charge in [-0.15, -0.1) is 10.2 Å². The monoisotopic (exact) mass is 346 g/mol. The minimum Gasteiger partial charge on any atom is -0.497 e. The van der Waals surface area contributed by atoms with E-state index < -0.39 is 5.56 Å². The summed E-state index contributed by atoms with van der Waals surface area (Å²) in [5.74, 6) is 0.442. The van der Waals surface area contributed by atoms with Gasteiger partial charge in [0, 0.05) is 10.9 Å². The molecule has 2 heterocycles. The number of carbonyl (C=O) groups excluding carboxylic acids is 1. The standard InChI is InChI=1S/C19H14N4O3/c1-26-13-8-6-12(7-9-13)17(24)10-16-19(25)23-11-20-15-5-3-2-4-14(15)18(23)22-21-16/h2-9,11H,10H2,1H3. The van der Waals surface area contributed by atoms with Crippen LogP contribution >= 0.6 is 0 Å². The van der Waals surface area contributed by atoms with Gasteiger partial charge in [-0.1, -0.05) is 12.1 Å². The molecule has 0 unspecified atom stereocenters. The van der Waals surface area contributed by atoms with Crippen molar-refractivity contribution in [3.63, 3.8) is 0 Å². The minimum atomic E-state index is -0.393. The van der Waals surface area contributed by atoms with E-state index in [1.54, 1.807) is 31.4 Å². The van der Waals surface area contributed by atoms with E-state index >= 15 is 0 Å². The molecule has 0 radical (unpaired) electrons. The molecule has 0 fully saturated rings. The van der Waals surface area contributed by atoms with E-state index in [1.165, 1.54) is 10.7 Å². The fourth-order valence-corrected chi connectivity index (χ4v) is 2.76. The first-order chi connectivity index (χ1) is 12.7. The summed E-state index contributed by atoms with van der Waals surface area (Å²) in [6, 6.07) is 14.1. The molecule has 4 rings (SSSR count). The van der Waals surface area contributed by atoms with E-state index in [2.05, 4.69) is 15.2 Å². The average Bonchev–Trinajstić information content (AvgIpc) is 2.69. The van der Waals surface area contributed by atoms with Crippen molar-refractivity contribution in [3.05, 3.63) is 76.5 Å². The third-order valence-corrected chi connectivity index (χ3v) is 4.16. The Morgan fingerprint density at radius 3 is 2.62 bits per heavy atom. The smallest absolute Gasteiger partial charge is 0.281 e. The van der Waals surface area contributed by atoms with Crippen molar-refractivity contribution in [2.24, 2.45) is 0 Å². The van der Waals surface area contributed by atoms with Crippen LogP contribution in [-0.4, -0.2) is 32.5 Å². The predicted molar refractivity (Wildman–Crippen MR) is 95.6 cm³/mol. The Bertz CT molecular complexity index is 1180. The molecule has 0 atom stereocenters. The number of Topliss-reactive ketones (excluding diaryl/α,β-unsaturated/α-hetero) is 1. The summed E-state index contributed by atoms with van der Waals surface area (Å²) in [7, 11) is 1.56. The number of fused-ring (bicyclic) bond motifs is 3. The molecule has 7 heteroatoms. The normalized spacial score (nSPS) is 11.0. The second-order valence-electron chi connectivity index (χ2n) is 5.74. The van der Waals surface area contributed by atoms with E-state index in [1.807, 2.05) is 24.3 Å². The van der Waals surface area contributed by atoms with E-state index in [0.29, 0.717) is 17.0 Å². The Morgan fingerprint density at radius 2 is 1.85 bits per heavy atom. The highest BCUT2D eigenvalue weighted by Crippen LogP contribution is 2.15. The Labute approximate surface area is 147 Å². The fraction of sp³-hybridized carbons (Fsp3) is 0.105. The molecule has 4 aromatic rings. The molecule has 2 aromatic carbocycles. The topological polar surface area (TPSA) is 86.4 Å². The largest absolute Gasteiger partial charge is 0.497 e. The van der Waals surface area contributed by atoms with Crippen LogP contribution in [0.15, 0.2) is 59.7 Å². The molecule has 0 spiro atoms. The van der Waals surface area contributed by atoms with Gasteiger partial charge in [-0.25, -0.2) is 9.38 Å². The molecule has 0 saturated heterocycles. The summed E-state index contributed by atoms with van der Waals surface area (Å²) in [6.07, 6.45) is 1.28. The highest BCUT2D eigenvalue weighted by molar-refractivity contribution is 5.97. The van der Waals surface area contributed by atoms with Crippen LogP contribution in [0.3, 0.4) is 0 Å². The number of para-hydroxylation sites is 1. The summed E-state index contributed by atoms with van der Waals surface area (Å²) in [5.41, 5.74) is 1.31. The summed E-state index contributed by atoms with van der Waals surface area (Å²) < 4.78 is 6.40. The van der Waals surface area contributed by atoms with Gasteiger partial charge in [0.05, 0.1) is 19.0 Å². The Kier molecular flexibility index (Phi) is 3.89. The van der Waals surface area contributed by atoms with Crippen LogP contribution in [0.4, 0.5) is 0 Å². The third-order valence-electron chi connectivity index (χ3n) is 4.16. The molecule has 0 aliphatic rings. The van der Waals surface area contributed by atoms with E-state index in [0.717, 1.165) is 10.9 Å². The van der Waals surface area contributed by atoms with Gasteiger partial charge in [-0.2, -0.15) is 0 Å². The molecule has 0 aliphatic carbocycles. The number of carbonyl (C=O) groups is 1. The summed E-state index contributed by atoms with van der Waals surface area (Å²) in [4.78, 5) is 29.4. The van der Waals surface area contributed by atoms with Crippen molar-refractivity contribution in [1.82, 2.24) is 19.6 Å². The first kappa shape index (κ1) is 15.9. The quantitative estimate of drug-likeness (QED) is 0.415. The first-order valence-corrected chi connectivity index (χ1v) is 7.96. The molecule has 26 heavy (non-hydrogen) atoms. The van der Waals surface area contributed by atoms with Crippen molar-refractivity contribution in [2.45, 2.75) is 6.42 Å². The molecule has 0 bridgehead atoms. The van der Waals surface area contributed by atoms with Crippen LogP contribution in [0.2, 0.25) is 0 Å². The van der Waals surface area contributed by atoms with Crippen LogP contribution in [-0.2, 0) is 6.42 Å². The van der Waals surface area contributed by atoms with E-state index in [-0.39, 0.29) is 17.9 Å². The zero-order chi connectivity index (χ0) is 18.1. The predicted octanol–water partition coefficient (Wildman–Crippen LogP) is 2.07. The van der Waals surface area contributed by atoms with E-state index in [9.17, 15) is 9.59 Å². The highest BCUT2D eigenvalue weighted by atomic mass is 16.5. The van der Waals surface area contributed by atoms with Crippen molar-refractivity contribution in [2.75, 3.05) is 7.11 Å². The summed E-state index contributed by atoms with van der Waals surface area (Å²) in [6.45, 7) is 0. The Balaban J connectivity index is 1.72. The van der Waals surface area contributed by atoms with Gasteiger partial charge in [0.25, 0.3) is 5.56 Å². The molecule has 7 nitrogen and oxygen atoms in total. The van der Waals surface area contributed by atoms with Gasteiger partial charge >= 0.3 is 0 Å². The maximum Gasteiger partial charge on any atom is 0.281 e. The first-order valence-electron chi connectivity index (χ1n) is 7.96. The van der Waals surface area contributed by atoms with Crippen molar-refractivity contribution in [1.29, 1.82) is 0 Å². The second-order valence-corrected chi connectivity index (χ2v) is 5.74. The number of methoxy groups -OCH3 is 1. The average molecular weight is 346 g/mol. The molecule has 0 amide bonds.